The fourth-order valence-electron chi connectivity index (χ4n) is 0.739. The molecule has 12 heavy (non-hydrogen) atoms. The molecule has 0 atom stereocenters. The van der Waals surface area contributed by atoms with Gasteiger partial charge in [-0.2, -0.15) is 0 Å². The van der Waals surface area contributed by atoms with Crippen LogP contribution < -0.4 is 0 Å². The molecule has 1 heterocycles. The average Bonchev–Trinajstić information content (AvgIpc) is 2.53. The summed E-state index contributed by atoms with van der Waals surface area (Å²) in [5, 5.41) is 0. The average molecular weight is 166 g/mol. The zero-order chi connectivity index (χ0) is 8.81. The summed E-state index contributed by atoms with van der Waals surface area (Å²) in [5.41, 5.74) is 0. The van der Waals surface area contributed by atoms with E-state index in [0.717, 1.165) is 6.21 Å². The first-order valence-electron chi connectivity index (χ1n) is 3.74. The molecule has 0 bridgehead atoms. The highest BCUT2D eigenvalue weighted by Crippen LogP contribution is 1.93. The van der Waals surface area contributed by atoms with Crippen molar-refractivity contribution in [3.05, 3.63) is 12.2 Å². The molecule has 1 aliphatic heterocycles. The first-order chi connectivity index (χ1) is 5.83. The van der Waals surface area contributed by atoms with Gasteiger partial charge in [0.1, 0.15) is 12.1 Å². The van der Waals surface area contributed by atoms with Gasteiger partial charge in [0.05, 0.1) is 13.2 Å². The lowest BCUT2D eigenvalue weighted by Gasteiger charge is -1.92. The van der Waals surface area contributed by atoms with Gasteiger partial charge in [-0.15, -0.1) is 0 Å². The number of amidine groups is 1. The predicted molar refractivity (Wildman–Crippen MR) is 46.6 cm³/mol. The van der Waals surface area contributed by atoms with Crippen molar-refractivity contribution in [2.75, 3.05) is 13.2 Å². The lowest BCUT2D eigenvalue weighted by molar-refractivity contribution is -0.134. The van der Waals surface area contributed by atoms with E-state index in [1.54, 1.807) is 13.0 Å². The first-order valence-corrected chi connectivity index (χ1v) is 3.74. The molecule has 0 fully saturated rings. The molecule has 0 aliphatic carbocycles. The van der Waals surface area contributed by atoms with Crippen LogP contribution in [-0.2, 0) is 9.53 Å². The van der Waals surface area contributed by atoms with Crippen molar-refractivity contribution >= 4 is 18.0 Å². The third-order valence-electron chi connectivity index (χ3n) is 1.21. The summed E-state index contributed by atoms with van der Waals surface area (Å²) in [6.07, 6.45) is 4.77. The van der Waals surface area contributed by atoms with E-state index in [1.165, 1.54) is 0 Å². The van der Waals surface area contributed by atoms with Gasteiger partial charge in [-0.25, -0.2) is 9.79 Å². The van der Waals surface area contributed by atoms with E-state index < -0.39 is 5.97 Å². The van der Waals surface area contributed by atoms with Crippen molar-refractivity contribution in [3.8, 4) is 0 Å². The summed E-state index contributed by atoms with van der Waals surface area (Å²) in [5.74, 6) is 0.142. The SMILES string of the molecule is CCOC(=O)C=NC1=NCC=C1. The Morgan fingerprint density at radius 1 is 1.92 bits per heavy atom. The van der Waals surface area contributed by atoms with Gasteiger partial charge in [0.15, 0.2) is 0 Å². The number of hydrogen-bond acceptors (Lipinski definition) is 4. The predicted octanol–water partition coefficient (Wildman–Crippen LogP) is 0.589. The molecule has 0 spiro atoms. The summed E-state index contributed by atoms with van der Waals surface area (Å²) in [4.78, 5) is 18.5. The Bertz CT molecular complexity index is 254. The van der Waals surface area contributed by atoms with Gasteiger partial charge in [0.2, 0.25) is 0 Å². The van der Waals surface area contributed by atoms with Gasteiger partial charge in [-0.1, -0.05) is 6.08 Å². The van der Waals surface area contributed by atoms with Crippen molar-refractivity contribution in [3.63, 3.8) is 0 Å². The van der Waals surface area contributed by atoms with Gasteiger partial charge in [0.25, 0.3) is 0 Å². The smallest absolute Gasteiger partial charge is 0.349 e. The Balaban J connectivity index is 2.39. The normalized spacial score (nSPS) is 15.2. The van der Waals surface area contributed by atoms with Crippen LogP contribution in [0.4, 0.5) is 0 Å². The van der Waals surface area contributed by atoms with Crippen molar-refractivity contribution in [1.29, 1.82) is 0 Å². The van der Waals surface area contributed by atoms with E-state index >= 15 is 0 Å². The van der Waals surface area contributed by atoms with Crippen LogP contribution in [0.15, 0.2) is 22.1 Å². The minimum Gasteiger partial charge on any atom is -0.462 e. The lowest BCUT2D eigenvalue weighted by atomic mass is 10.5. The Morgan fingerprint density at radius 3 is 3.33 bits per heavy atom. The third-order valence-corrected chi connectivity index (χ3v) is 1.21. The van der Waals surface area contributed by atoms with Crippen LogP contribution in [0.3, 0.4) is 0 Å². The van der Waals surface area contributed by atoms with Crippen LogP contribution in [0.1, 0.15) is 6.92 Å². The van der Waals surface area contributed by atoms with E-state index in [-0.39, 0.29) is 0 Å². The molecule has 0 N–H and O–H groups in total. The molecule has 0 unspecified atom stereocenters. The maximum atomic E-state index is 10.7. The molecular formula is C8H10N2O2. The standard InChI is InChI=1S/C8H10N2O2/c1-2-12-8(11)6-10-7-4-3-5-9-7/h3-4,6H,2,5H2,1H3. The Labute approximate surface area is 70.7 Å². The second kappa shape index (κ2) is 4.43. The fraction of sp³-hybridized carbons (Fsp3) is 0.375. The highest BCUT2D eigenvalue weighted by molar-refractivity contribution is 6.26. The molecule has 0 aromatic heterocycles. The summed E-state index contributed by atoms with van der Waals surface area (Å²) in [7, 11) is 0. The minimum absolute atomic E-state index is 0.368. The van der Waals surface area contributed by atoms with Crippen LogP contribution >= 0.6 is 0 Å². The van der Waals surface area contributed by atoms with Crippen LogP contribution in [-0.4, -0.2) is 31.2 Å². The number of carbonyl (C=O) groups excluding carboxylic acids is 1. The van der Waals surface area contributed by atoms with Gasteiger partial charge < -0.3 is 4.74 Å². The summed E-state index contributed by atoms with van der Waals surface area (Å²) >= 11 is 0. The Hall–Kier alpha value is -1.45. The molecule has 1 rings (SSSR count). The molecule has 0 amide bonds. The first kappa shape index (κ1) is 8.64. The van der Waals surface area contributed by atoms with E-state index in [2.05, 4.69) is 14.7 Å². The molecule has 4 nitrogen and oxygen atoms in total. The highest BCUT2D eigenvalue weighted by Gasteiger charge is 1.98. The summed E-state index contributed by atoms with van der Waals surface area (Å²) in [6, 6.07) is 0. The minimum atomic E-state index is -0.430. The largest absolute Gasteiger partial charge is 0.462 e. The van der Waals surface area contributed by atoms with E-state index in [9.17, 15) is 4.79 Å². The Kier molecular flexibility index (Phi) is 3.19. The second-order valence-corrected chi connectivity index (χ2v) is 2.11. The van der Waals surface area contributed by atoms with Crippen molar-refractivity contribution in [2.24, 2.45) is 9.98 Å². The van der Waals surface area contributed by atoms with Crippen molar-refractivity contribution in [2.45, 2.75) is 6.92 Å². The van der Waals surface area contributed by atoms with Gasteiger partial charge in [-0.3, -0.25) is 4.99 Å². The number of nitrogens with zero attached hydrogens (tertiary/aromatic N) is 2. The topological polar surface area (TPSA) is 51.0 Å². The highest BCUT2D eigenvalue weighted by atomic mass is 16.5. The summed E-state index contributed by atoms with van der Waals surface area (Å²) in [6.45, 7) is 2.77. The quantitative estimate of drug-likeness (QED) is 0.445. The van der Waals surface area contributed by atoms with Crippen LogP contribution in [0.5, 0.6) is 0 Å². The van der Waals surface area contributed by atoms with Crippen molar-refractivity contribution in [1.82, 2.24) is 0 Å². The number of esters is 1. The molecule has 0 radical (unpaired) electrons. The zero-order valence-electron chi connectivity index (χ0n) is 6.86. The molecule has 0 saturated carbocycles. The van der Waals surface area contributed by atoms with Crippen molar-refractivity contribution < 1.29 is 9.53 Å². The van der Waals surface area contributed by atoms with E-state index in [1.807, 2.05) is 6.08 Å². The maximum absolute atomic E-state index is 10.7. The molecule has 64 valence electrons. The molecule has 1 aliphatic rings. The number of ether oxygens (including phenoxy) is 1. The van der Waals surface area contributed by atoms with Crippen LogP contribution in [0.25, 0.3) is 0 Å². The molecule has 4 heteroatoms. The third kappa shape index (κ3) is 2.65. The maximum Gasteiger partial charge on any atom is 0.349 e. The van der Waals surface area contributed by atoms with Crippen LogP contribution in [0.2, 0.25) is 0 Å². The molecular weight excluding hydrogens is 156 g/mol. The summed E-state index contributed by atoms with van der Waals surface area (Å²) < 4.78 is 4.63. The van der Waals surface area contributed by atoms with Gasteiger partial charge in [0, 0.05) is 0 Å². The monoisotopic (exact) mass is 166 g/mol. The Morgan fingerprint density at radius 2 is 2.75 bits per heavy atom. The number of rotatable bonds is 2. The molecule has 0 aromatic rings. The van der Waals surface area contributed by atoms with E-state index in [0.29, 0.717) is 19.0 Å². The second-order valence-electron chi connectivity index (χ2n) is 2.11. The van der Waals surface area contributed by atoms with Gasteiger partial charge in [-0.05, 0) is 13.0 Å². The zero-order valence-corrected chi connectivity index (χ0v) is 6.86. The van der Waals surface area contributed by atoms with E-state index in [4.69, 9.17) is 0 Å². The van der Waals surface area contributed by atoms with Crippen LogP contribution in [0, 0.1) is 0 Å². The number of hydrogen-bond donors (Lipinski definition) is 0. The molecule has 0 aromatic carbocycles. The van der Waals surface area contributed by atoms with Gasteiger partial charge >= 0.3 is 5.97 Å². The fourth-order valence-corrected chi connectivity index (χ4v) is 0.739. The lowest BCUT2D eigenvalue weighted by Crippen LogP contribution is -2.05. The number of aliphatic imine (C=N–C) groups is 2. The number of carbonyl (C=O) groups is 1. The molecule has 0 saturated heterocycles.